The van der Waals surface area contributed by atoms with Crippen LogP contribution in [0, 0.1) is 12.7 Å². The second kappa shape index (κ2) is 6.63. The summed E-state index contributed by atoms with van der Waals surface area (Å²) < 4.78 is 20.9. The lowest BCUT2D eigenvalue weighted by atomic mass is 10.0. The van der Waals surface area contributed by atoms with Crippen molar-refractivity contribution in [1.82, 2.24) is 14.9 Å². The second-order valence-corrected chi connectivity index (χ2v) is 6.31. The lowest BCUT2D eigenvalue weighted by Crippen LogP contribution is -2.41. The van der Waals surface area contributed by atoms with Gasteiger partial charge in [-0.05, 0) is 30.2 Å². The predicted molar refractivity (Wildman–Crippen MR) is 95.8 cm³/mol. The highest BCUT2D eigenvalue weighted by molar-refractivity contribution is 5.78. The number of ether oxygens (including phenoxy) is 1. The second-order valence-electron chi connectivity index (χ2n) is 6.31. The van der Waals surface area contributed by atoms with Crippen molar-refractivity contribution < 1.29 is 13.9 Å². The van der Waals surface area contributed by atoms with Gasteiger partial charge in [-0.1, -0.05) is 30.3 Å². The van der Waals surface area contributed by atoms with Crippen LogP contribution < -0.4 is 10.1 Å². The Morgan fingerprint density at radius 2 is 2.08 bits per heavy atom. The SMILES string of the molecule is Cc1cccc(-c2ccc(F)cc2)c1OCC1CNC(=O)n2ccnc21. The van der Waals surface area contributed by atoms with Crippen molar-refractivity contribution in [1.29, 1.82) is 0 Å². The van der Waals surface area contributed by atoms with Crippen LogP contribution in [0.4, 0.5) is 9.18 Å². The highest BCUT2D eigenvalue weighted by atomic mass is 19.1. The third-order valence-corrected chi connectivity index (χ3v) is 4.55. The average molecular weight is 351 g/mol. The van der Waals surface area contributed by atoms with E-state index in [1.165, 1.54) is 16.7 Å². The van der Waals surface area contributed by atoms with Gasteiger partial charge in [-0.15, -0.1) is 0 Å². The Labute approximate surface area is 150 Å². The Bertz CT molecular complexity index is 950. The molecule has 0 saturated carbocycles. The fraction of sp³-hybridized carbons (Fsp3) is 0.200. The molecule has 1 atom stereocenters. The standard InChI is InChI=1S/C20H18FN3O2/c1-13-3-2-4-17(14-5-7-16(21)8-6-14)18(13)26-12-15-11-23-20(25)24-10-9-22-19(15)24/h2-10,15H,11-12H2,1H3,(H,23,25). The zero-order valence-corrected chi connectivity index (χ0v) is 14.3. The first-order chi connectivity index (χ1) is 12.6. The van der Waals surface area contributed by atoms with Gasteiger partial charge in [-0.2, -0.15) is 0 Å². The van der Waals surface area contributed by atoms with Gasteiger partial charge in [0.25, 0.3) is 0 Å². The number of nitrogens with zero attached hydrogens (tertiary/aromatic N) is 2. The molecule has 6 heteroatoms. The molecule has 1 N–H and O–H groups in total. The first-order valence-electron chi connectivity index (χ1n) is 8.43. The Balaban J connectivity index is 1.61. The highest BCUT2D eigenvalue weighted by Gasteiger charge is 2.27. The van der Waals surface area contributed by atoms with Gasteiger partial charge >= 0.3 is 6.03 Å². The quantitative estimate of drug-likeness (QED) is 0.779. The van der Waals surface area contributed by atoms with E-state index in [1.54, 1.807) is 24.5 Å². The number of aryl methyl sites for hydroxylation is 1. The van der Waals surface area contributed by atoms with Crippen LogP contribution in [-0.4, -0.2) is 28.7 Å². The van der Waals surface area contributed by atoms with Crippen molar-refractivity contribution in [2.75, 3.05) is 13.2 Å². The summed E-state index contributed by atoms with van der Waals surface area (Å²) >= 11 is 0. The van der Waals surface area contributed by atoms with Crippen LogP contribution in [0.1, 0.15) is 17.3 Å². The minimum atomic E-state index is -0.270. The van der Waals surface area contributed by atoms with Crippen LogP contribution in [-0.2, 0) is 0 Å². The summed E-state index contributed by atoms with van der Waals surface area (Å²) in [5, 5.41) is 2.84. The summed E-state index contributed by atoms with van der Waals surface area (Å²) in [6, 6.07) is 12.1. The number of hydrogen-bond donors (Lipinski definition) is 1. The molecule has 1 unspecified atom stereocenters. The zero-order chi connectivity index (χ0) is 18.1. The first kappa shape index (κ1) is 16.3. The smallest absolute Gasteiger partial charge is 0.327 e. The van der Waals surface area contributed by atoms with Gasteiger partial charge in [-0.3, -0.25) is 4.57 Å². The maximum atomic E-state index is 13.2. The van der Waals surface area contributed by atoms with E-state index in [0.29, 0.717) is 19.0 Å². The summed E-state index contributed by atoms with van der Waals surface area (Å²) in [5.74, 6) is 1.15. The largest absolute Gasteiger partial charge is 0.492 e. The number of aromatic nitrogens is 2. The van der Waals surface area contributed by atoms with Crippen molar-refractivity contribution in [3.63, 3.8) is 0 Å². The van der Waals surface area contributed by atoms with Crippen molar-refractivity contribution in [3.05, 3.63) is 72.1 Å². The van der Waals surface area contributed by atoms with Gasteiger partial charge in [-0.25, -0.2) is 14.2 Å². The number of carbonyl (C=O) groups is 1. The number of hydrogen-bond acceptors (Lipinski definition) is 3. The van der Waals surface area contributed by atoms with Gasteiger partial charge in [0.2, 0.25) is 0 Å². The summed E-state index contributed by atoms with van der Waals surface area (Å²) in [5.41, 5.74) is 2.80. The molecule has 2 aromatic carbocycles. The number of benzene rings is 2. The molecule has 0 bridgehead atoms. The molecule has 3 aromatic rings. The topological polar surface area (TPSA) is 56.1 Å². The number of fused-ring (bicyclic) bond motifs is 1. The zero-order valence-electron chi connectivity index (χ0n) is 14.3. The maximum absolute atomic E-state index is 13.2. The first-order valence-corrected chi connectivity index (χ1v) is 8.43. The van der Waals surface area contributed by atoms with Crippen molar-refractivity contribution >= 4 is 6.03 Å². The molecule has 1 amide bonds. The van der Waals surface area contributed by atoms with Crippen LogP contribution in [0.2, 0.25) is 0 Å². The Hall–Kier alpha value is -3.15. The minimum absolute atomic E-state index is 0.0385. The van der Waals surface area contributed by atoms with Crippen LogP contribution in [0.25, 0.3) is 11.1 Å². The van der Waals surface area contributed by atoms with E-state index in [4.69, 9.17) is 4.74 Å². The Morgan fingerprint density at radius 3 is 2.88 bits per heavy atom. The molecule has 0 spiro atoms. The van der Waals surface area contributed by atoms with Crippen molar-refractivity contribution in [3.8, 4) is 16.9 Å². The monoisotopic (exact) mass is 351 g/mol. The fourth-order valence-corrected chi connectivity index (χ4v) is 3.19. The molecule has 1 aliphatic rings. The van der Waals surface area contributed by atoms with E-state index in [9.17, 15) is 9.18 Å². The fourth-order valence-electron chi connectivity index (χ4n) is 3.19. The molecule has 2 heterocycles. The predicted octanol–water partition coefficient (Wildman–Crippen LogP) is 3.73. The van der Waals surface area contributed by atoms with E-state index in [0.717, 1.165) is 22.4 Å². The van der Waals surface area contributed by atoms with Gasteiger partial charge < -0.3 is 10.1 Å². The third kappa shape index (κ3) is 2.94. The molecular formula is C20H18FN3O2. The maximum Gasteiger partial charge on any atom is 0.327 e. The molecule has 0 aliphatic carbocycles. The normalized spacial score (nSPS) is 16.1. The highest BCUT2D eigenvalue weighted by Crippen LogP contribution is 2.34. The van der Waals surface area contributed by atoms with E-state index >= 15 is 0 Å². The molecule has 1 aromatic heterocycles. The summed E-state index contributed by atoms with van der Waals surface area (Å²) in [6.45, 7) is 2.84. The molecule has 1 aliphatic heterocycles. The van der Waals surface area contributed by atoms with Crippen molar-refractivity contribution in [2.24, 2.45) is 0 Å². The molecule has 132 valence electrons. The van der Waals surface area contributed by atoms with Gasteiger partial charge in [0.15, 0.2) is 0 Å². The van der Waals surface area contributed by atoms with Gasteiger partial charge in [0.1, 0.15) is 17.4 Å². The van der Waals surface area contributed by atoms with E-state index in [1.807, 2.05) is 25.1 Å². The van der Waals surface area contributed by atoms with Gasteiger partial charge in [0, 0.05) is 24.5 Å². The molecule has 0 fully saturated rings. The van der Waals surface area contributed by atoms with E-state index < -0.39 is 0 Å². The Kier molecular flexibility index (Phi) is 4.16. The molecule has 0 radical (unpaired) electrons. The lowest BCUT2D eigenvalue weighted by molar-refractivity contribution is 0.226. The number of nitrogens with one attached hydrogen (secondary N) is 1. The number of imidazole rings is 1. The average Bonchev–Trinajstić information content (AvgIpc) is 3.14. The molecule has 26 heavy (non-hydrogen) atoms. The summed E-state index contributed by atoms with van der Waals surface area (Å²) in [4.78, 5) is 16.1. The van der Waals surface area contributed by atoms with Gasteiger partial charge in [0.05, 0.1) is 12.5 Å². The van der Waals surface area contributed by atoms with Crippen LogP contribution in [0.5, 0.6) is 5.75 Å². The van der Waals surface area contributed by atoms with Crippen LogP contribution in [0.15, 0.2) is 54.9 Å². The summed E-state index contributed by atoms with van der Waals surface area (Å²) in [7, 11) is 0. The van der Waals surface area contributed by atoms with E-state index in [-0.39, 0.29) is 17.8 Å². The molecule has 4 rings (SSSR count). The number of para-hydroxylation sites is 1. The number of amides is 1. The molecule has 5 nitrogen and oxygen atoms in total. The van der Waals surface area contributed by atoms with Crippen LogP contribution in [0.3, 0.4) is 0 Å². The molecular weight excluding hydrogens is 333 g/mol. The molecule has 0 saturated heterocycles. The number of rotatable bonds is 4. The van der Waals surface area contributed by atoms with E-state index in [2.05, 4.69) is 10.3 Å². The van der Waals surface area contributed by atoms with Crippen molar-refractivity contribution in [2.45, 2.75) is 12.8 Å². The Morgan fingerprint density at radius 1 is 1.27 bits per heavy atom. The third-order valence-electron chi connectivity index (χ3n) is 4.55. The number of halogens is 1. The minimum Gasteiger partial charge on any atom is -0.492 e. The lowest BCUT2D eigenvalue weighted by Gasteiger charge is -2.24. The number of carbonyl (C=O) groups excluding carboxylic acids is 1. The summed E-state index contributed by atoms with van der Waals surface area (Å²) in [6.07, 6.45) is 3.26. The van der Waals surface area contributed by atoms with Crippen LogP contribution >= 0.6 is 0 Å².